The van der Waals surface area contributed by atoms with E-state index in [4.69, 9.17) is 0 Å². The van der Waals surface area contributed by atoms with E-state index in [0.717, 1.165) is 28.8 Å². The number of nitrogens with one attached hydrogen (secondary N) is 1. The van der Waals surface area contributed by atoms with Gasteiger partial charge in [0.1, 0.15) is 5.82 Å². The van der Waals surface area contributed by atoms with Crippen LogP contribution in [0.5, 0.6) is 0 Å². The highest BCUT2D eigenvalue weighted by Gasteiger charge is 2.26. The number of hydrogen-bond donors (Lipinski definition) is 1. The third-order valence-electron chi connectivity index (χ3n) is 3.23. The van der Waals surface area contributed by atoms with E-state index < -0.39 is 0 Å². The van der Waals surface area contributed by atoms with E-state index in [9.17, 15) is 4.39 Å². The molecule has 1 fully saturated rings. The zero-order valence-corrected chi connectivity index (χ0v) is 11.7. The summed E-state index contributed by atoms with van der Waals surface area (Å²) in [5.74, 6) is 0.309. The molecule has 2 aromatic rings. The van der Waals surface area contributed by atoms with Gasteiger partial charge in [0, 0.05) is 35.3 Å². The summed E-state index contributed by atoms with van der Waals surface area (Å²) in [5, 5.41) is 4.30. The summed E-state index contributed by atoms with van der Waals surface area (Å²) >= 11 is 3.23. The summed E-state index contributed by atoms with van der Waals surface area (Å²) in [6, 6.07) is 5.41. The summed E-state index contributed by atoms with van der Waals surface area (Å²) in [4.78, 5) is 4.58. The molecule has 0 amide bonds. The van der Waals surface area contributed by atoms with Gasteiger partial charge in [-0.25, -0.2) is 4.39 Å². The molecule has 1 N–H and O–H groups in total. The van der Waals surface area contributed by atoms with E-state index in [1.807, 2.05) is 0 Å². The minimum absolute atomic E-state index is 0.259. The molecule has 0 radical (unpaired) electrons. The summed E-state index contributed by atoms with van der Waals surface area (Å²) in [6.07, 6.45) is 2.40. The average Bonchev–Trinajstić information content (AvgIpc) is 3.15. The fourth-order valence-corrected chi connectivity index (χ4v) is 2.51. The highest BCUT2D eigenvalue weighted by atomic mass is 79.9. The third kappa shape index (κ3) is 2.09. The van der Waals surface area contributed by atoms with Crippen LogP contribution < -0.4 is 5.32 Å². The van der Waals surface area contributed by atoms with Crippen molar-refractivity contribution in [3.8, 4) is 0 Å². The van der Waals surface area contributed by atoms with Gasteiger partial charge in [0.25, 0.3) is 0 Å². The van der Waals surface area contributed by atoms with Crippen LogP contribution in [0.4, 0.5) is 10.1 Å². The summed E-state index contributed by atoms with van der Waals surface area (Å²) in [7, 11) is 0. The minimum atomic E-state index is -0.259. The molecule has 1 aromatic heterocycles. The molecule has 0 spiro atoms. The average molecular weight is 309 g/mol. The molecule has 1 saturated carbocycles. The number of nitrogens with zero attached hydrogens (tertiary/aromatic N) is 1. The molecular formula is C14H14BrFN2. The van der Waals surface area contributed by atoms with Gasteiger partial charge in [-0.2, -0.15) is 0 Å². The van der Waals surface area contributed by atoms with Crippen molar-refractivity contribution in [2.24, 2.45) is 0 Å². The van der Waals surface area contributed by atoms with Crippen LogP contribution in [0, 0.1) is 5.82 Å². The zero-order chi connectivity index (χ0) is 12.7. The van der Waals surface area contributed by atoms with Gasteiger partial charge in [-0.05, 0) is 47.8 Å². The second kappa shape index (κ2) is 4.50. The van der Waals surface area contributed by atoms with Crippen LogP contribution >= 0.6 is 15.9 Å². The smallest absolute Gasteiger partial charge is 0.139 e. The first-order valence-corrected chi connectivity index (χ1v) is 7.02. The Balaban J connectivity index is 2.22. The van der Waals surface area contributed by atoms with Gasteiger partial charge >= 0.3 is 0 Å². The predicted octanol–water partition coefficient (Wildman–Crippen LogP) is 4.45. The SMILES string of the molecule is CCNc1cc(C2CC2)nc2cc(F)c(Br)cc12. The quantitative estimate of drug-likeness (QED) is 0.906. The minimum Gasteiger partial charge on any atom is -0.385 e. The van der Waals surface area contributed by atoms with Crippen LogP contribution in [0.25, 0.3) is 10.9 Å². The second-order valence-corrected chi connectivity index (χ2v) is 5.54. The molecular weight excluding hydrogens is 295 g/mol. The van der Waals surface area contributed by atoms with E-state index in [-0.39, 0.29) is 5.82 Å². The first kappa shape index (κ1) is 11.9. The molecule has 94 valence electrons. The van der Waals surface area contributed by atoms with Crippen molar-refractivity contribution in [2.75, 3.05) is 11.9 Å². The Morgan fingerprint density at radius 3 is 2.83 bits per heavy atom. The molecule has 4 heteroatoms. The monoisotopic (exact) mass is 308 g/mol. The molecule has 0 atom stereocenters. The van der Waals surface area contributed by atoms with Gasteiger partial charge in [0.15, 0.2) is 0 Å². The van der Waals surface area contributed by atoms with Crippen molar-refractivity contribution in [3.63, 3.8) is 0 Å². The molecule has 0 saturated heterocycles. The van der Waals surface area contributed by atoms with Crippen LogP contribution in [-0.2, 0) is 0 Å². The molecule has 1 aliphatic rings. The number of benzene rings is 1. The second-order valence-electron chi connectivity index (χ2n) is 4.68. The molecule has 0 unspecified atom stereocenters. The lowest BCUT2D eigenvalue weighted by molar-refractivity contribution is 0.622. The molecule has 0 bridgehead atoms. The fraction of sp³-hybridized carbons (Fsp3) is 0.357. The Labute approximate surface area is 114 Å². The standard InChI is InChI=1S/C14H14BrFN2/c1-2-17-13-7-12(8-3-4-8)18-14-6-11(16)10(15)5-9(13)14/h5-8H,2-4H2,1H3,(H,17,18). The van der Waals surface area contributed by atoms with Crippen LogP contribution in [-0.4, -0.2) is 11.5 Å². The molecule has 18 heavy (non-hydrogen) atoms. The van der Waals surface area contributed by atoms with Crippen molar-refractivity contribution < 1.29 is 4.39 Å². The van der Waals surface area contributed by atoms with Crippen molar-refractivity contribution in [2.45, 2.75) is 25.7 Å². The predicted molar refractivity (Wildman–Crippen MR) is 75.5 cm³/mol. The fourth-order valence-electron chi connectivity index (χ4n) is 2.17. The summed E-state index contributed by atoms with van der Waals surface area (Å²) < 4.78 is 14.1. The van der Waals surface area contributed by atoms with E-state index in [1.165, 1.54) is 18.9 Å². The number of pyridine rings is 1. The number of hydrogen-bond acceptors (Lipinski definition) is 2. The normalized spacial score (nSPS) is 15.1. The molecule has 2 nitrogen and oxygen atoms in total. The Bertz CT molecular complexity index is 608. The molecule has 3 rings (SSSR count). The first-order chi connectivity index (χ1) is 8.69. The lowest BCUT2D eigenvalue weighted by atomic mass is 10.1. The van der Waals surface area contributed by atoms with Gasteiger partial charge in [-0.1, -0.05) is 0 Å². The number of anilines is 1. The maximum absolute atomic E-state index is 13.6. The number of aromatic nitrogens is 1. The van der Waals surface area contributed by atoms with Crippen LogP contribution in [0.3, 0.4) is 0 Å². The topological polar surface area (TPSA) is 24.9 Å². The van der Waals surface area contributed by atoms with Crippen molar-refractivity contribution in [1.29, 1.82) is 0 Å². The molecule has 1 aromatic carbocycles. The Morgan fingerprint density at radius 2 is 2.17 bits per heavy atom. The largest absolute Gasteiger partial charge is 0.385 e. The molecule has 0 aliphatic heterocycles. The number of halogens is 2. The zero-order valence-electron chi connectivity index (χ0n) is 10.1. The number of rotatable bonds is 3. The third-order valence-corrected chi connectivity index (χ3v) is 3.84. The van der Waals surface area contributed by atoms with Crippen LogP contribution in [0.15, 0.2) is 22.7 Å². The summed E-state index contributed by atoms with van der Waals surface area (Å²) in [5.41, 5.74) is 2.86. The first-order valence-electron chi connectivity index (χ1n) is 6.22. The molecule has 1 aliphatic carbocycles. The lowest BCUT2D eigenvalue weighted by Crippen LogP contribution is -2.00. The van der Waals surface area contributed by atoms with Crippen molar-refractivity contribution in [1.82, 2.24) is 4.98 Å². The van der Waals surface area contributed by atoms with E-state index in [1.54, 1.807) is 6.07 Å². The Morgan fingerprint density at radius 1 is 1.39 bits per heavy atom. The molecule has 1 heterocycles. The highest BCUT2D eigenvalue weighted by molar-refractivity contribution is 9.10. The van der Waals surface area contributed by atoms with Gasteiger partial charge < -0.3 is 5.32 Å². The van der Waals surface area contributed by atoms with E-state index in [2.05, 4.69) is 39.2 Å². The van der Waals surface area contributed by atoms with Crippen molar-refractivity contribution in [3.05, 3.63) is 34.2 Å². The number of fused-ring (bicyclic) bond motifs is 1. The van der Waals surface area contributed by atoms with Gasteiger partial charge in [-0.15, -0.1) is 0 Å². The van der Waals surface area contributed by atoms with E-state index >= 15 is 0 Å². The summed E-state index contributed by atoms with van der Waals surface area (Å²) in [6.45, 7) is 2.90. The Hall–Kier alpha value is -1.16. The highest BCUT2D eigenvalue weighted by Crippen LogP contribution is 2.41. The van der Waals surface area contributed by atoms with Crippen molar-refractivity contribution >= 4 is 32.5 Å². The Kier molecular flexibility index (Phi) is 2.98. The van der Waals surface area contributed by atoms with Gasteiger partial charge in [0.2, 0.25) is 0 Å². The van der Waals surface area contributed by atoms with E-state index in [0.29, 0.717) is 10.4 Å². The van der Waals surface area contributed by atoms with Crippen LogP contribution in [0.2, 0.25) is 0 Å². The maximum atomic E-state index is 13.6. The maximum Gasteiger partial charge on any atom is 0.139 e. The van der Waals surface area contributed by atoms with Gasteiger partial charge in [0.05, 0.1) is 9.99 Å². The van der Waals surface area contributed by atoms with Crippen LogP contribution in [0.1, 0.15) is 31.4 Å². The lowest BCUT2D eigenvalue weighted by Gasteiger charge is -2.11. The van der Waals surface area contributed by atoms with Gasteiger partial charge in [-0.3, -0.25) is 4.98 Å².